The Bertz CT molecular complexity index is 1100. The normalized spacial score (nSPS) is 12.1. The summed E-state index contributed by atoms with van der Waals surface area (Å²) in [5, 5.41) is 0. The van der Waals surface area contributed by atoms with Crippen LogP contribution in [0.4, 0.5) is 0 Å². The maximum atomic E-state index is 12.1. The monoisotopic (exact) mass is 490 g/mol. The first kappa shape index (κ1) is 26.8. The second kappa shape index (κ2) is 14.0. The van der Waals surface area contributed by atoms with Crippen LogP contribution in [0, 0.1) is 0 Å². The topological polar surface area (TPSA) is 63.2 Å². The van der Waals surface area contributed by atoms with Gasteiger partial charge < -0.3 is 23.7 Å². The second-order valence-electron chi connectivity index (χ2n) is 8.04. The van der Waals surface area contributed by atoms with Gasteiger partial charge in [-0.1, -0.05) is 24.3 Å². The summed E-state index contributed by atoms with van der Waals surface area (Å²) in [7, 11) is 1.64. The number of methoxy groups -OCH3 is 1. The molecule has 0 saturated carbocycles. The molecule has 0 spiro atoms. The minimum absolute atomic E-state index is 0.333. The fourth-order valence-corrected chi connectivity index (χ4v) is 3.53. The molecule has 0 aliphatic rings. The molecule has 0 aliphatic carbocycles. The number of allylic oxidation sites excluding steroid dienone is 1. The Morgan fingerprint density at radius 3 is 1.97 bits per heavy atom. The third-order valence-electron chi connectivity index (χ3n) is 5.51. The Morgan fingerprint density at radius 1 is 0.806 bits per heavy atom. The number of carbonyl (C=O) groups is 1. The number of hydrogen-bond donors (Lipinski definition) is 0. The number of esters is 1. The predicted octanol–water partition coefficient (Wildman–Crippen LogP) is 6.48. The zero-order valence-electron chi connectivity index (χ0n) is 21.4. The average molecular weight is 491 g/mol. The van der Waals surface area contributed by atoms with Crippen molar-refractivity contribution >= 4 is 11.5 Å². The quantitative estimate of drug-likeness (QED) is 0.256. The molecule has 1 unspecified atom stereocenters. The molecular formula is C30H34O6. The lowest BCUT2D eigenvalue weighted by molar-refractivity contribution is -0.156. The molecule has 3 aromatic rings. The van der Waals surface area contributed by atoms with E-state index in [9.17, 15) is 4.79 Å². The van der Waals surface area contributed by atoms with Gasteiger partial charge in [-0.05, 0) is 92.1 Å². The second-order valence-corrected chi connectivity index (χ2v) is 8.04. The molecule has 0 amide bonds. The van der Waals surface area contributed by atoms with Crippen molar-refractivity contribution in [2.24, 2.45) is 0 Å². The fourth-order valence-electron chi connectivity index (χ4n) is 3.53. The summed E-state index contributed by atoms with van der Waals surface area (Å²) >= 11 is 0. The molecule has 0 radical (unpaired) electrons. The first-order valence-corrected chi connectivity index (χ1v) is 12.1. The third kappa shape index (κ3) is 8.17. The van der Waals surface area contributed by atoms with Crippen LogP contribution >= 0.6 is 0 Å². The first-order chi connectivity index (χ1) is 17.5. The van der Waals surface area contributed by atoms with Crippen LogP contribution in [0.15, 0.2) is 78.9 Å². The highest BCUT2D eigenvalue weighted by atomic mass is 16.6. The molecule has 190 valence electrons. The van der Waals surface area contributed by atoms with Gasteiger partial charge in [0.1, 0.15) is 29.6 Å². The van der Waals surface area contributed by atoms with Gasteiger partial charge in [-0.2, -0.15) is 0 Å². The van der Waals surface area contributed by atoms with Gasteiger partial charge >= 0.3 is 5.97 Å². The van der Waals surface area contributed by atoms with Gasteiger partial charge in [0.25, 0.3) is 0 Å². The smallest absolute Gasteiger partial charge is 0.335 e. The number of ether oxygens (including phenoxy) is 5. The maximum absolute atomic E-state index is 12.1. The standard InChI is InChI=1S/C30H34O6/c1-5-33-29(30(31)34-6-2)21-23-7-11-26(12-8-23)35-20-19-22(3)24-9-13-27(14-10-24)36-28-17-15-25(32-4)16-18-28/h7-19,29H,5-6,20-21H2,1-4H3. The predicted molar refractivity (Wildman–Crippen MR) is 141 cm³/mol. The van der Waals surface area contributed by atoms with Crippen LogP contribution in [0.3, 0.4) is 0 Å². The molecule has 0 aliphatic heterocycles. The lowest BCUT2D eigenvalue weighted by Crippen LogP contribution is -2.28. The van der Waals surface area contributed by atoms with Gasteiger partial charge in [-0.3, -0.25) is 0 Å². The van der Waals surface area contributed by atoms with E-state index >= 15 is 0 Å². The van der Waals surface area contributed by atoms with Crippen LogP contribution in [0.2, 0.25) is 0 Å². The summed E-state index contributed by atoms with van der Waals surface area (Å²) in [6, 6.07) is 23.1. The number of hydrogen-bond acceptors (Lipinski definition) is 6. The Hall–Kier alpha value is -3.77. The lowest BCUT2D eigenvalue weighted by atomic mass is 10.1. The molecule has 1 atom stereocenters. The average Bonchev–Trinajstić information content (AvgIpc) is 2.90. The van der Waals surface area contributed by atoms with Gasteiger partial charge in [0.15, 0.2) is 6.10 Å². The van der Waals surface area contributed by atoms with Crippen LogP contribution in [-0.2, 0) is 20.7 Å². The Labute approximate surface area is 213 Å². The Kier molecular flexibility index (Phi) is 10.4. The Balaban J connectivity index is 1.50. The molecule has 0 saturated heterocycles. The molecule has 0 heterocycles. The number of carbonyl (C=O) groups excluding carboxylic acids is 1. The van der Waals surface area contributed by atoms with E-state index in [1.54, 1.807) is 14.0 Å². The highest BCUT2D eigenvalue weighted by Gasteiger charge is 2.20. The zero-order chi connectivity index (χ0) is 25.8. The van der Waals surface area contributed by atoms with Crippen molar-refractivity contribution in [2.45, 2.75) is 33.3 Å². The fraction of sp³-hybridized carbons (Fsp3) is 0.300. The van der Waals surface area contributed by atoms with E-state index in [-0.39, 0.29) is 5.97 Å². The van der Waals surface area contributed by atoms with E-state index in [1.807, 2.05) is 85.8 Å². The van der Waals surface area contributed by atoms with Crippen molar-refractivity contribution in [3.63, 3.8) is 0 Å². The minimum Gasteiger partial charge on any atom is -0.497 e. The molecule has 0 bridgehead atoms. The van der Waals surface area contributed by atoms with Gasteiger partial charge in [0, 0.05) is 13.0 Å². The summed E-state index contributed by atoms with van der Waals surface area (Å²) in [4.78, 5) is 12.1. The largest absolute Gasteiger partial charge is 0.497 e. The van der Waals surface area contributed by atoms with E-state index in [2.05, 4.69) is 6.92 Å². The van der Waals surface area contributed by atoms with Crippen molar-refractivity contribution in [1.82, 2.24) is 0 Å². The van der Waals surface area contributed by atoms with Crippen LogP contribution in [-0.4, -0.2) is 39.0 Å². The summed E-state index contributed by atoms with van der Waals surface area (Å²) in [5.41, 5.74) is 3.19. The summed E-state index contributed by atoms with van der Waals surface area (Å²) < 4.78 is 27.6. The zero-order valence-corrected chi connectivity index (χ0v) is 21.4. The van der Waals surface area contributed by atoms with E-state index in [4.69, 9.17) is 23.7 Å². The maximum Gasteiger partial charge on any atom is 0.335 e. The van der Waals surface area contributed by atoms with E-state index in [1.165, 1.54) is 0 Å². The minimum atomic E-state index is -0.597. The van der Waals surface area contributed by atoms with E-state index < -0.39 is 6.10 Å². The van der Waals surface area contributed by atoms with Crippen molar-refractivity contribution in [2.75, 3.05) is 26.9 Å². The van der Waals surface area contributed by atoms with Gasteiger partial charge in [-0.15, -0.1) is 0 Å². The summed E-state index contributed by atoms with van der Waals surface area (Å²) in [6.45, 7) is 6.94. The molecule has 6 nitrogen and oxygen atoms in total. The SMILES string of the molecule is CCOC(=O)C(Cc1ccc(OCC=C(C)c2ccc(Oc3ccc(OC)cc3)cc2)cc1)OCC. The molecule has 0 fully saturated rings. The first-order valence-electron chi connectivity index (χ1n) is 12.1. The van der Waals surface area contributed by atoms with E-state index in [0.717, 1.165) is 39.7 Å². The van der Waals surface area contributed by atoms with Crippen molar-refractivity contribution < 1.29 is 28.5 Å². The number of rotatable bonds is 13. The molecule has 0 aromatic heterocycles. The van der Waals surface area contributed by atoms with Crippen LogP contribution in [0.25, 0.3) is 5.57 Å². The number of benzene rings is 3. The molecule has 36 heavy (non-hydrogen) atoms. The molecule has 3 aromatic carbocycles. The third-order valence-corrected chi connectivity index (χ3v) is 5.51. The highest BCUT2D eigenvalue weighted by molar-refractivity contribution is 5.75. The molecular weight excluding hydrogens is 456 g/mol. The summed E-state index contributed by atoms with van der Waals surface area (Å²) in [5.74, 6) is 2.74. The van der Waals surface area contributed by atoms with Crippen molar-refractivity contribution in [3.8, 4) is 23.0 Å². The van der Waals surface area contributed by atoms with Crippen molar-refractivity contribution in [3.05, 3.63) is 90.0 Å². The van der Waals surface area contributed by atoms with Gasteiger partial charge in [0.05, 0.1) is 13.7 Å². The van der Waals surface area contributed by atoms with E-state index in [0.29, 0.717) is 26.2 Å². The van der Waals surface area contributed by atoms with Crippen LogP contribution < -0.4 is 14.2 Å². The van der Waals surface area contributed by atoms with Crippen molar-refractivity contribution in [1.29, 1.82) is 0 Å². The molecule has 3 rings (SSSR count). The van der Waals surface area contributed by atoms with Gasteiger partial charge in [-0.25, -0.2) is 4.79 Å². The van der Waals surface area contributed by atoms with Gasteiger partial charge in [0.2, 0.25) is 0 Å². The van der Waals surface area contributed by atoms with Crippen LogP contribution in [0.1, 0.15) is 31.9 Å². The molecule has 6 heteroatoms. The van der Waals surface area contributed by atoms with Crippen LogP contribution in [0.5, 0.6) is 23.0 Å². The molecule has 0 N–H and O–H groups in total. The summed E-state index contributed by atoms with van der Waals surface area (Å²) in [6.07, 6.45) is 1.91. The lowest BCUT2D eigenvalue weighted by Gasteiger charge is -2.15. The highest BCUT2D eigenvalue weighted by Crippen LogP contribution is 2.25. The Morgan fingerprint density at radius 2 is 1.39 bits per heavy atom.